The van der Waals surface area contributed by atoms with Gasteiger partial charge in [-0.3, -0.25) is 0 Å². The SMILES string of the molecule is COc1ccc(CN(C)c2cc(C3CC(N)C3)nc(N)n2)cc1OC.Cl.Cl. The van der Waals surface area contributed by atoms with Gasteiger partial charge in [0, 0.05) is 31.6 Å². The van der Waals surface area contributed by atoms with Crippen molar-refractivity contribution in [2.45, 2.75) is 31.3 Å². The largest absolute Gasteiger partial charge is 0.493 e. The number of rotatable bonds is 6. The van der Waals surface area contributed by atoms with Crippen LogP contribution in [-0.2, 0) is 6.54 Å². The van der Waals surface area contributed by atoms with E-state index in [9.17, 15) is 0 Å². The Morgan fingerprint density at radius 1 is 1.07 bits per heavy atom. The molecule has 1 saturated carbocycles. The van der Waals surface area contributed by atoms with Crippen molar-refractivity contribution in [1.82, 2.24) is 9.97 Å². The Hall–Kier alpha value is -1.96. The van der Waals surface area contributed by atoms with E-state index >= 15 is 0 Å². The molecule has 4 N–H and O–H groups in total. The third-order valence-electron chi connectivity index (χ3n) is 4.60. The Morgan fingerprint density at radius 3 is 2.33 bits per heavy atom. The number of halogens is 2. The summed E-state index contributed by atoms with van der Waals surface area (Å²) in [5.74, 6) is 2.90. The number of hydrogen-bond acceptors (Lipinski definition) is 7. The summed E-state index contributed by atoms with van der Waals surface area (Å²) in [5, 5.41) is 0. The molecule has 9 heteroatoms. The Morgan fingerprint density at radius 2 is 1.74 bits per heavy atom. The lowest BCUT2D eigenvalue weighted by molar-refractivity contribution is 0.345. The van der Waals surface area contributed by atoms with Crippen molar-refractivity contribution in [2.24, 2.45) is 5.73 Å². The fraction of sp³-hybridized carbons (Fsp3) is 0.444. The molecule has 0 bridgehead atoms. The quantitative estimate of drug-likeness (QED) is 0.747. The van der Waals surface area contributed by atoms with Crippen molar-refractivity contribution >= 4 is 36.6 Å². The summed E-state index contributed by atoms with van der Waals surface area (Å²) in [6, 6.07) is 8.15. The second-order valence-electron chi connectivity index (χ2n) is 6.48. The normalized spacial score (nSPS) is 17.8. The zero-order chi connectivity index (χ0) is 18.0. The molecule has 0 saturated heterocycles. The standard InChI is InChI=1S/C18H25N5O2.2ClH/c1-23(10-11-4-5-15(24-2)16(6-11)25-3)17-9-14(21-18(20)22-17)12-7-13(19)8-12;;/h4-6,9,12-13H,7-8,10,19H2,1-3H3,(H2,20,21,22);2*1H. The van der Waals surface area contributed by atoms with Gasteiger partial charge in [-0.05, 0) is 30.5 Å². The van der Waals surface area contributed by atoms with Gasteiger partial charge in [-0.15, -0.1) is 24.8 Å². The van der Waals surface area contributed by atoms with E-state index in [1.165, 1.54) is 0 Å². The molecule has 1 heterocycles. The van der Waals surface area contributed by atoms with E-state index in [0.29, 0.717) is 29.9 Å². The van der Waals surface area contributed by atoms with Gasteiger partial charge >= 0.3 is 0 Å². The molecule has 1 fully saturated rings. The lowest BCUT2D eigenvalue weighted by Crippen LogP contribution is -2.35. The molecular formula is C18H27Cl2N5O2. The average molecular weight is 416 g/mol. The minimum absolute atomic E-state index is 0. The minimum Gasteiger partial charge on any atom is -0.493 e. The molecule has 1 aromatic carbocycles. The zero-order valence-electron chi connectivity index (χ0n) is 15.7. The predicted octanol–water partition coefficient (Wildman–Crippen LogP) is 2.76. The van der Waals surface area contributed by atoms with Crippen LogP contribution in [0.3, 0.4) is 0 Å². The lowest BCUT2D eigenvalue weighted by atomic mass is 9.78. The van der Waals surface area contributed by atoms with Crippen LogP contribution in [0.4, 0.5) is 11.8 Å². The monoisotopic (exact) mass is 415 g/mol. The number of nitrogens with two attached hydrogens (primary N) is 2. The Balaban J connectivity index is 0.00000182. The molecule has 3 rings (SSSR count). The topological polar surface area (TPSA) is 99.5 Å². The molecule has 27 heavy (non-hydrogen) atoms. The van der Waals surface area contributed by atoms with Crippen molar-refractivity contribution < 1.29 is 9.47 Å². The maximum atomic E-state index is 5.91. The molecule has 1 aromatic heterocycles. The number of methoxy groups -OCH3 is 2. The number of hydrogen-bond donors (Lipinski definition) is 2. The molecule has 2 aromatic rings. The third-order valence-corrected chi connectivity index (χ3v) is 4.60. The summed E-state index contributed by atoms with van der Waals surface area (Å²) in [6.45, 7) is 0.667. The van der Waals surface area contributed by atoms with E-state index in [0.717, 1.165) is 29.9 Å². The summed E-state index contributed by atoms with van der Waals surface area (Å²) in [5.41, 5.74) is 13.9. The third kappa shape index (κ3) is 5.28. The van der Waals surface area contributed by atoms with Crippen LogP contribution >= 0.6 is 24.8 Å². The van der Waals surface area contributed by atoms with Crippen molar-refractivity contribution in [3.05, 3.63) is 35.5 Å². The van der Waals surface area contributed by atoms with E-state index in [4.69, 9.17) is 20.9 Å². The number of anilines is 2. The van der Waals surface area contributed by atoms with Gasteiger partial charge in [-0.25, -0.2) is 4.98 Å². The highest BCUT2D eigenvalue weighted by atomic mass is 35.5. The molecule has 0 radical (unpaired) electrons. The number of benzene rings is 1. The Kier molecular flexibility index (Phi) is 8.40. The number of nitrogens with zero attached hydrogens (tertiary/aromatic N) is 3. The molecule has 7 nitrogen and oxygen atoms in total. The summed E-state index contributed by atoms with van der Waals surface area (Å²) in [7, 11) is 5.24. The van der Waals surface area contributed by atoms with Crippen molar-refractivity contribution in [3.8, 4) is 11.5 Å². The highest BCUT2D eigenvalue weighted by Crippen LogP contribution is 2.36. The molecule has 150 valence electrons. The van der Waals surface area contributed by atoms with E-state index in [-0.39, 0.29) is 30.9 Å². The molecule has 0 unspecified atom stereocenters. The Labute approximate surface area is 172 Å². The van der Waals surface area contributed by atoms with E-state index in [2.05, 4.69) is 9.97 Å². The maximum Gasteiger partial charge on any atom is 0.222 e. The highest BCUT2D eigenvalue weighted by molar-refractivity contribution is 5.85. The minimum atomic E-state index is 0. The summed E-state index contributed by atoms with van der Waals surface area (Å²) >= 11 is 0. The van der Waals surface area contributed by atoms with Crippen molar-refractivity contribution in [2.75, 3.05) is 31.9 Å². The lowest BCUT2D eigenvalue weighted by Gasteiger charge is -2.32. The van der Waals surface area contributed by atoms with Gasteiger partial charge in [0.25, 0.3) is 0 Å². The first-order valence-corrected chi connectivity index (χ1v) is 8.32. The maximum absolute atomic E-state index is 5.91. The van der Waals surface area contributed by atoms with Crippen LogP contribution in [0.25, 0.3) is 0 Å². The zero-order valence-corrected chi connectivity index (χ0v) is 17.3. The van der Waals surface area contributed by atoms with Crippen LogP contribution in [-0.4, -0.2) is 37.3 Å². The first-order valence-electron chi connectivity index (χ1n) is 8.32. The fourth-order valence-electron chi connectivity index (χ4n) is 3.11. The van der Waals surface area contributed by atoms with Gasteiger partial charge < -0.3 is 25.8 Å². The summed E-state index contributed by atoms with van der Waals surface area (Å²) in [6.07, 6.45) is 1.91. The van der Waals surface area contributed by atoms with Gasteiger partial charge in [0.15, 0.2) is 11.5 Å². The van der Waals surface area contributed by atoms with Crippen LogP contribution in [0.2, 0.25) is 0 Å². The van der Waals surface area contributed by atoms with Crippen LogP contribution in [0.15, 0.2) is 24.3 Å². The second-order valence-corrected chi connectivity index (χ2v) is 6.48. The van der Waals surface area contributed by atoms with Gasteiger partial charge in [-0.2, -0.15) is 4.98 Å². The first-order chi connectivity index (χ1) is 12.0. The molecule has 0 atom stereocenters. The van der Waals surface area contributed by atoms with E-state index < -0.39 is 0 Å². The molecular weight excluding hydrogens is 389 g/mol. The van der Waals surface area contributed by atoms with E-state index in [1.807, 2.05) is 36.2 Å². The van der Waals surface area contributed by atoms with Gasteiger partial charge in [0.2, 0.25) is 5.95 Å². The van der Waals surface area contributed by atoms with Gasteiger partial charge in [0.1, 0.15) is 5.82 Å². The van der Waals surface area contributed by atoms with Crippen LogP contribution < -0.4 is 25.8 Å². The number of aromatic nitrogens is 2. The Bertz CT molecular complexity index is 757. The van der Waals surface area contributed by atoms with E-state index in [1.54, 1.807) is 14.2 Å². The molecule has 0 spiro atoms. The molecule has 1 aliphatic carbocycles. The van der Waals surface area contributed by atoms with Gasteiger partial charge in [-0.1, -0.05) is 6.07 Å². The molecule has 1 aliphatic rings. The van der Waals surface area contributed by atoms with Crippen LogP contribution in [0.1, 0.15) is 30.0 Å². The average Bonchev–Trinajstić information content (AvgIpc) is 2.58. The van der Waals surface area contributed by atoms with Gasteiger partial charge in [0.05, 0.1) is 19.9 Å². The predicted molar refractivity (Wildman–Crippen MR) is 113 cm³/mol. The molecule has 0 amide bonds. The van der Waals surface area contributed by atoms with Crippen molar-refractivity contribution in [1.29, 1.82) is 0 Å². The molecule has 0 aliphatic heterocycles. The van der Waals surface area contributed by atoms with Crippen LogP contribution in [0.5, 0.6) is 11.5 Å². The number of ether oxygens (including phenoxy) is 2. The summed E-state index contributed by atoms with van der Waals surface area (Å²) < 4.78 is 10.6. The second kappa shape index (κ2) is 9.82. The number of nitrogen functional groups attached to an aromatic ring is 1. The first kappa shape index (κ1) is 23.1. The van der Waals surface area contributed by atoms with Crippen molar-refractivity contribution in [3.63, 3.8) is 0 Å². The fourth-order valence-corrected chi connectivity index (χ4v) is 3.11. The highest BCUT2D eigenvalue weighted by Gasteiger charge is 2.29. The smallest absolute Gasteiger partial charge is 0.222 e. The summed E-state index contributed by atoms with van der Waals surface area (Å²) in [4.78, 5) is 10.8. The van der Waals surface area contributed by atoms with Crippen LogP contribution in [0, 0.1) is 0 Å².